The SMILES string of the molecule is CC(C)n1cccc1C(=O)N[C@H]1CCCNC1. The van der Waals surface area contributed by atoms with Gasteiger partial charge < -0.3 is 15.2 Å². The molecule has 2 N–H and O–H groups in total. The van der Waals surface area contributed by atoms with E-state index in [1.165, 1.54) is 0 Å². The van der Waals surface area contributed by atoms with E-state index >= 15 is 0 Å². The standard InChI is InChI=1S/C13H21N3O/c1-10(2)16-8-4-6-12(16)13(17)15-11-5-3-7-14-9-11/h4,6,8,10-11,14H,3,5,7,9H2,1-2H3,(H,15,17)/t11-/m0/s1. The molecule has 94 valence electrons. The molecule has 2 rings (SSSR count). The molecule has 0 spiro atoms. The molecule has 0 saturated carbocycles. The average Bonchev–Trinajstić information content (AvgIpc) is 2.79. The topological polar surface area (TPSA) is 46.1 Å². The fourth-order valence-corrected chi connectivity index (χ4v) is 2.27. The van der Waals surface area contributed by atoms with Crippen molar-refractivity contribution in [3.05, 3.63) is 24.0 Å². The summed E-state index contributed by atoms with van der Waals surface area (Å²) in [5.41, 5.74) is 0.755. The summed E-state index contributed by atoms with van der Waals surface area (Å²) in [6.07, 6.45) is 4.16. The largest absolute Gasteiger partial charge is 0.347 e. The Balaban J connectivity index is 2.01. The molecule has 0 aromatic carbocycles. The van der Waals surface area contributed by atoms with Crippen molar-refractivity contribution in [2.75, 3.05) is 13.1 Å². The monoisotopic (exact) mass is 235 g/mol. The second kappa shape index (κ2) is 5.36. The van der Waals surface area contributed by atoms with Crippen LogP contribution in [0.4, 0.5) is 0 Å². The van der Waals surface area contributed by atoms with Gasteiger partial charge in [-0.05, 0) is 45.4 Å². The van der Waals surface area contributed by atoms with E-state index in [1.807, 2.05) is 22.9 Å². The van der Waals surface area contributed by atoms with E-state index in [1.54, 1.807) is 0 Å². The van der Waals surface area contributed by atoms with Crippen LogP contribution in [0, 0.1) is 0 Å². The highest BCUT2D eigenvalue weighted by molar-refractivity contribution is 5.93. The molecular weight excluding hydrogens is 214 g/mol. The lowest BCUT2D eigenvalue weighted by Crippen LogP contribution is -2.46. The lowest BCUT2D eigenvalue weighted by atomic mass is 10.1. The van der Waals surface area contributed by atoms with Crippen LogP contribution in [0.5, 0.6) is 0 Å². The molecule has 1 aromatic heterocycles. The van der Waals surface area contributed by atoms with Crippen molar-refractivity contribution in [3.8, 4) is 0 Å². The van der Waals surface area contributed by atoms with Gasteiger partial charge in [0.2, 0.25) is 0 Å². The number of nitrogens with one attached hydrogen (secondary N) is 2. The maximum Gasteiger partial charge on any atom is 0.268 e. The highest BCUT2D eigenvalue weighted by Gasteiger charge is 2.18. The Morgan fingerprint density at radius 3 is 3.06 bits per heavy atom. The minimum atomic E-state index is 0.0393. The van der Waals surface area contributed by atoms with Crippen LogP contribution in [0.2, 0.25) is 0 Å². The third kappa shape index (κ3) is 2.88. The Morgan fingerprint density at radius 1 is 1.59 bits per heavy atom. The van der Waals surface area contributed by atoms with Gasteiger partial charge in [-0.1, -0.05) is 0 Å². The number of nitrogens with zero attached hydrogens (tertiary/aromatic N) is 1. The molecule has 1 amide bonds. The predicted molar refractivity (Wildman–Crippen MR) is 68.2 cm³/mol. The maximum atomic E-state index is 12.1. The van der Waals surface area contributed by atoms with E-state index in [-0.39, 0.29) is 11.9 Å². The number of carbonyl (C=O) groups is 1. The van der Waals surface area contributed by atoms with Gasteiger partial charge >= 0.3 is 0 Å². The molecule has 4 heteroatoms. The Hall–Kier alpha value is -1.29. The number of rotatable bonds is 3. The zero-order chi connectivity index (χ0) is 12.3. The average molecular weight is 235 g/mol. The molecule has 0 unspecified atom stereocenters. The smallest absolute Gasteiger partial charge is 0.268 e. The Bertz CT molecular complexity index is 378. The first kappa shape index (κ1) is 12.2. The van der Waals surface area contributed by atoms with Gasteiger partial charge in [-0.15, -0.1) is 0 Å². The van der Waals surface area contributed by atoms with Gasteiger partial charge in [0.25, 0.3) is 5.91 Å². The lowest BCUT2D eigenvalue weighted by Gasteiger charge is -2.24. The van der Waals surface area contributed by atoms with Crippen molar-refractivity contribution < 1.29 is 4.79 Å². The minimum absolute atomic E-state index is 0.0393. The van der Waals surface area contributed by atoms with E-state index < -0.39 is 0 Å². The molecule has 1 saturated heterocycles. The van der Waals surface area contributed by atoms with Crippen LogP contribution in [0.15, 0.2) is 18.3 Å². The molecule has 1 atom stereocenters. The van der Waals surface area contributed by atoms with Gasteiger partial charge in [-0.2, -0.15) is 0 Å². The second-order valence-electron chi connectivity index (χ2n) is 4.91. The molecular formula is C13H21N3O. The fourth-order valence-electron chi connectivity index (χ4n) is 2.27. The molecule has 2 heterocycles. The molecule has 0 aliphatic carbocycles. The highest BCUT2D eigenvalue weighted by Crippen LogP contribution is 2.11. The van der Waals surface area contributed by atoms with E-state index in [2.05, 4.69) is 24.5 Å². The highest BCUT2D eigenvalue weighted by atomic mass is 16.2. The normalized spacial score (nSPS) is 20.5. The molecule has 0 radical (unpaired) electrons. The third-order valence-electron chi connectivity index (χ3n) is 3.20. The Labute approximate surface area is 102 Å². The predicted octanol–water partition coefficient (Wildman–Crippen LogP) is 1.55. The first-order valence-corrected chi connectivity index (χ1v) is 6.37. The number of amides is 1. The molecule has 4 nitrogen and oxygen atoms in total. The van der Waals surface area contributed by atoms with Crippen molar-refractivity contribution in [1.29, 1.82) is 0 Å². The van der Waals surface area contributed by atoms with Crippen LogP contribution in [0.3, 0.4) is 0 Å². The van der Waals surface area contributed by atoms with Gasteiger partial charge in [0.1, 0.15) is 5.69 Å². The quantitative estimate of drug-likeness (QED) is 0.835. The van der Waals surface area contributed by atoms with E-state index in [9.17, 15) is 4.79 Å². The van der Waals surface area contributed by atoms with Gasteiger partial charge in [-0.3, -0.25) is 4.79 Å². The number of aromatic nitrogens is 1. The first-order valence-electron chi connectivity index (χ1n) is 6.37. The van der Waals surface area contributed by atoms with Gasteiger partial charge in [-0.25, -0.2) is 0 Å². The van der Waals surface area contributed by atoms with Crippen LogP contribution < -0.4 is 10.6 Å². The molecule has 17 heavy (non-hydrogen) atoms. The zero-order valence-corrected chi connectivity index (χ0v) is 10.6. The molecule has 1 aliphatic heterocycles. The Morgan fingerprint density at radius 2 is 2.41 bits per heavy atom. The molecule has 1 aliphatic rings. The fraction of sp³-hybridized carbons (Fsp3) is 0.615. The summed E-state index contributed by atoms with van der Waals surface area (Å²) < 4.78 is 2.01. The van der Waals surface area contributed by atoms with Crippen molar-refractivity contribution in [1.82, 2.24) is 15.2 Å². The zero-order valence-electron chi connectivity index (χ0n) is 10.6. The molecule has 1 aromatic rings. The summed E-state index contributed by atoms with van der Waals surface area (Å²) >= 11 is 0. The summed E-state index contributed by atoms with van der Waals surface area (Å²) in [5.74, 6) is 0.0393. The summed E-state index contributed by atoms with van der Waals surface area (Å²) in [6, 6.07) is 4.39. The number of hydrogen-bond donors (Lipinski definition) is 2. The Kier molecular flexibility index (Phi) is 3.84. The van der Waals surface area contributed by atoms with Gasteiger partial charge in [0.15, 0.2) is 0 Å². The van der Waals surface area contributed by atoms with Crippen molar-refractivity contribution in [3.63, 3.8) is 0 Å². The number of hydrogen-bond acceptors (Lipinski definition) is 2. The van der Waals surface area contributed by atoms with Crippen LogP contribution in [0.25, 0.3) is 0 Å². The summed E-state index contributed by atoms with van der Waals surface area (Å²) in [4.78, 5) is 12.1. The van der Waals surface area contributed by atoms with Gasteiger partial charge in [0.05, 0.1) is 0 Å². The van der Waals surface area contributed by atoms with Gasteiger partial charge in [0, 0.05) is 24.8 Å². The second-order valence-corrected chi connectivity index (χ2v) is 4.91. The summed E-state index contributed by atoms with van der Waals surface area (Å²) in [5, 5.41) is 6.40. The van der Waals surface area contributed by atoms with Crippen LogP contribution in [0.1, 0.15) is 43.2 Å². The van der Waals surface area contributed by atoms with Crippen molar-refractivity contribution in [2.45, 2.75) is 38.8 Å². The third-order valence-corrected chi connectivity index (χ3v) is 3.20. The molecule has 0 bridgehead atoms. The first-order chi connectivity index (χ1) is 8.18. The lowest BCUT2D eigenvalue weighted by molar-refractivity contribution is 0.0920. The van der Waals surface area contributed by atoms with E-state index in [0.717, 1.165) is 31.6 Å². The van der Waals surface area contributed by atoms with Crippen LogP contribution in [-0.2, 0) is 0 Å². The number of piperidine rings is 1. The number of carbonyl (C=O) groups excluding carboxylic acids is 1. The van der Waals surface area contributed by atoms with Crippen LogP contribution in [-0.4, -0.2) is 29.6 Å². The van der Waals surface area contributed by atoms with Crippen molar-refractivity contribution in [2.24, 2.45) is 0 Å². The van der Waals surface area contributed by atoms with E-state index in [0.29, 0.717) is 6.04 Å². The maximum absolute atomic E-state index is 12.1. The van der Waals surface area contributed by atoms with Crippen LogP contribution >= 0.6 is 0 Å². The minimum Gasteiger partial charge on any atom is -0.347 e. The van der Waals surface area contributed by atoms with Crippen molar-refractivity contribution >= 4 is 5.91 Å². The summed E-state index contributed by atoms with van der Waals surface area (Å²) in [7, 11) is 0. The summed E-state index contributed by atoms with van der Waals surface area (Å²) in [6.45, 7) is 6.11. The van der Waals surface area contributed by atoms with E-state index in [4.69, 9.17) is 0 Å². The molecule has 1 fully saturated rings.